The van der Waals surface area contributed by atoms with E-state index in [1.54, 1.807) is 6.20 Å². The first-order valence-corrected chi connectivity index (χ1v) is 8.12. The molecule has 1 aromatic carbocycles. The number of aliphatic hydroxyl groups excluding tert-OH is 1. The number of pyridine rings is 1. The van der Waals surface area contributed by atoms with Crippen molar-refractivity contribution in [2.75, 3.05) is 13.2 Å². The number of aliphatic hydroxyl groups is 1. The molecule has 0 unspecified atom stereocenters. The van der Waals surface area contributed by atoms with Gasteiger partial charge in [0.15, 0.2) is 0 Å². The summed E-state index contributed by atoms with van der Waals surface area (Å²) in [5.41, 5.74) is 3.43. The average Bonchev–Trinajstić information content (AvgIpc) is 3.05. The summed E-state index contributed by atoms with van der Waals surface area (Å²) in [7, 11) is 0. The Balaban J connectivity index is 1.70. The summed E-state index contributed by atoms with van der Waals surface area (Å²) in [5.74, 6) is 1.76. The fourth-order valence-corrected chi connectivity index (χ4v) is 2.66. The van der Waals surface area contributed by atoms with Gasteiger partial charge in [0.05, 0.1) is 13.2 Å². The molecule has 3 rings (SSSR count). The lowest BCUT2D eigenvalue weighted by molar-refractivity contribution is 0.175. The molecule has 0 bridgehead atoms. The maximum absolute atomic E-state index is 9.31. The van der Waals surface area contributed by atoms with Crippen LogP contribution in [0.1, 0.15) is 16.9 Å². The van der Waals surface area contributed by atoms with E-state index in [9.17, 15) is 5.11 Å². The molecule has 0 radical (unpaired) electrons. The Labute approximate surface area is 142 Å². The molecule has 0 spiro atoms. The Morgan fingerprint density at radius 3 is 2.58 bits per heavy atom. The van der Waals surface area contributed by atoms with Gasteiger partial charge in [-0.3, -0.25) is 9.88 Å². The van der Waals surface area contributed by atoms with Crippen molar-refractivity contribution in [3.63, 3.8) is 0 Å². The molecule has 0 aliphatic carbocycles. The Morgan fingerprint density at radius 1 is 1.04 bits per heavy atom. The molecule has 0 aliphatic heterocycles. The molecular weight excluding hydrogens is 300 g/mol. The fourth-order valence-electron chi connectivity index (χ4n) is 2.66. The van der Waals surface area contributed by atoms with E-state index in [0.717, 1.165) is 29.2 Å². The van der Waals surface area contributed by atoms with Crippen molar-refractivity contribution >= 4 is 0 Å². The van der Waals surface area contributed by atoms with E-state index in [4.69, 9.17) is 4.42 Å². The minimum atomic E-state index is 0.117. The Bertz CT molecular complexity index is 751. The molecule has 24 heavy (non-hydrogen) atoms. The summed E-state index contributed by atoms with van der Waals surface area (Å²) in [4.78, 5) is 6.29. The van der Waals surface area contributed by atoms with E-state index in [2.05, 4.69) is 41.1 Å². The van der Waals surface area contributed by atoms with Crippen LogP contribution in [0, 0.1) is 6.92 Å². The van der Waals surface area contributed by atoms with Crippen LogP contribution in [-0.2, 0) is 13.1 Å². The third-order valence-corrected chi connectivity index (χ3v) is 3.92. The normalized spacial score (nSPS) is 11.1. The Morgan fingerprint density at radius 2 is 1.88 bits per heavy atom. The number of hydrogen-bond acceptors (Lipinski definition) is 4. The molecular formula is C20H22N2O2. The summed E-state index contributed by atoms with van der Waals surface area (Å²) >= 11 is 0. The molecule has 0 aliphatic rings. The van der Waals surface area contributed by atoms with Crippen molar-refractivity contribution in [2.24, 2.45) is 0 Å². The van der Waals surface area contributed by atoms with Crippen LogP contribution >= 0.6 is 0 Å². The number of benzene rings is 1. The Hall–Kier alpha value is -2.43. The highest BCUT2D eigenvalue weighted by atomic mass is 16.3. The van der Waals surface area contributed by atoms with Crippen LogP contribution in [0.2, 0.25) is 0 Å². The van der Waals surface area contributed by atoms with Gasteiger partial charge in [-0.05, 0) is 30.7 Å². The predicted octanol–water partition coefficient (Wildman–Crippen LogP) is 3.64. The van der Waals surface area contributed by atoms with Crippen molar-refractivity contribution in [1.29, 1.82) is 0 Å². The van der Waals surface area contributed by atoms with E-state index < -0.39 is 0 Å². The second kappa shape index (κ2) is 7.90. The minimum absolute atomic E-state index is 0.117. The number of nitrogens with zero attached hydrogens (tertiary/aromatic N) is 2. The number of aromatic nitrogens is 1. The van der Waals surface area contributed by atoms with Crippen LogP contribution in [0.5, 0.6) is 0 Å². The third-order valence-electron chi connectivity index (χ3n) is 3.92. The van der Waals surface area contributed by atoms with Gasteiger partial charge in [0.25, 0.3) is 0 Å². The molecule has 0 saturated carbocycles. The standard InChI is InChI=1S/C20H22N2O2/c1-16-4-6-18(7-5-16)20-9-8-19(24-20)15-22(11-12-23)14-17-3-2-10-21-13-17/h2-10,13,23H,11-12,14-15H2,1H3. The maximum Gasteiger partial charge on any atom is 0.134 e. The third kappa shape index (κ3) is 4.31. The quantitative estimate of drug-likeness (QED) is 0.721. The molecule has 124 valence electrons. The smallest absolute Gasteiger partial charge is 0.134 e. The van der Waals surface area contributed by atoms with Crippen molar-refractivity contribution < 1.29 is 9.52 Å². The average molecular weight is 322 g/mol. The van der Waals surface area contributed by atoms with Gasteiger partial charge in [-0.25, -0.2) is 0 Å². The molecule has 0 fully saturated rings. The SMILES string of the molecule is Cc1ccc(-c2ccc(CN(CCO)Cc3cccnc3)o2)cc1. The first-order chi connectivity index (χ1) is 11.7. The number of aryl methyl sites for hydroxylation is 1. The summed E-state index contributed by atoms with van der Waals surface area (Å²) in [6.45, 7) is 4.17. The topological polar surface area (TPSA) is 49.5 Å². The van der Waals surface area contributed by atoms with Crippen LogP contribution in [-0.4, -0.2) is 28.1 Å². The van der Waals surface area contributed by atoms with Gasteiger partial charge in [0, 0.05) is 31.0 Å². The summed E-state index contributed by atoms with van der Waals surface area (Å²) in [6.07, 6.45) is 3.62. The zero-order chi connectivity index (χ0) is 16.8. The van der Waals surface area contributed by atoms with Gasteiger partial charge in [0.1, 0.15) is 11.5 Å². The summed E-state index contributed by atoms with van der Waals surface area (Å²) in [6, 6.07) is 16.3. The first-order valence-electron chi connectivity index (χ1n) is 8.12. The van der Waals surface area contributed by atoms with Crippen LogP contribution in [0.25, 0.3) is 11.3 Å². The molecule has 0 atom stereocenters. The van der Waals surface area contributed by atoms with Gasteiger partial charge < -0.3 is 9.52 Å². The van der Waals surface area contributed by atoms with E-state index in [0.29, 0.717) is 13.1 Å². The molecule has 2 heterocycles. The molecule has 0 saturated heterocycles. The zero-order valence-electron chi connectivity index (χ0n) is 13.9. The maximum atomic E-state index is 9.31. The number of rotatable bonds is 7. The number of furan rings is 1. The van der Waals surface area contributed by atoms with E-state index in [1.165, 1.54) is 5.56 Å². The monoisotopic (exact) mass is 322 g/mol. The highest BCUT2D eigenvalue weighted by Crippen LogP contribution is 2.23. The lowest BCUT2D eigenvalue weighted by Crippen LogP contribution is -2.25. The molecule has 1 N–H and O–H groups in total. The van der Waals surface area contributed by atoms with Gasteiger partial charge in [-0.1, -0.05) is 35.9 Å². The van der Waals surface area contributed by atoms with Gasteiger partial charge in [0.2, 0.25) is 0 Å². The molecule has 3 aromatic rings. The van der Waals surface area contributed by atoms with Crippen molar-refractivity contribution in [3.05, 3.63) is 77.8 Å². The zero-order valence-corrected chi connectivity index (χ0v) is 13.9. The second-order valence-corrected chi connectivity index (χ2v) is 5.93. The van der Waals surface area contributed by atoms with E-state index in [-0.39, 0.29) is 6.61 Å². The van der Waals surface area contributed by atoms with Gasteiger partial charge in [-0.15, -0.1) is 0 Å². The van der Waals surface area contributed by atoms with E-state index in [1.807, 2.05) is 30.5 Å². The molecule has 2 aromatic heterocycles. The minimum Gasteiger partial charge on any atom is -0.460 e. The molecule has 4 nitrogen and oxygen atoms in total. The van der Waals surface area contributed by atoms with Crippen molar-refractivity contribution in [2.45, 2.75) is 20.0 Å². The Kier molecular flexibility index (Phi) is 5.41. The fraction of sp³-hybridized carbons (Fsp3) is 0.250. The van der Waals surface area contributed by atoms with Gasteiger partial charge in [-0.2, -0.15) is 0 Å². The van der Waals surface area contributed by atoms with Crippen molar-refractivity contribution in [3.8, 4) is 11.3 Å². The number of hydrogen-bond donors (Lipinski definition) is 1. The molecule has 0 amide bonds. The summed E-state index contributed by atoms with van der Waals surface area (Å²) < 4.78 is 5.99. The van der Waals surface area contributed by atoms with E-state index >= 15 is 0 Å². The van der Waals surface area contributed by atoms with Crippen LogP contribution < -0.4 is 0 Å². The van der Waals surface area contributed by atoms with Crippen LogP contribution in [0.4, 0.5) is 0 Å². The predicted molar refractivity (Wildman–Crippen MR) is 94.3 cm³/mol. The largest absolute Gasteiger partial charge is 0.460 e. The highest BCUT2D eigenvalue weighted by Gasteiger charge is 2.11. The van der Waals surface area contributed by atoms with Crippen LogP contribution in [0.15, 0.2) is 65.3 Å². The lowest BCUT2D eigenvalue weighted by atomic mass is 10.1. The van der Waals surface area contributed by atoms with Crippen molar-refractivity contribution in [1.82, 2.24) is 9.88 Å². The van der Waals surface area contributed by atoms with Gasteiger partial charge >= 0.3 is 0 Å². The second-order valence-electron chi connectivity index (χ2n) is 5.93. The highest BCUT2D eigenvalue weighted by molar-refractivity contribution is 5.57. The lowest BCUT2D eigenvalue weighted by Gasteiger charge is -2.19. The van der Waals surface area contributed by atoms with Crippen LogP contribution in [0.3, 0.4) is 0 Å². The molecule has 4 heteroatoms. The summed E-state index contributed by atoms with van der Waals surface area (Å²) in [5, 5.41) is 9.31. The first kappa shape index (κ1) is 16.4.